The van der Waals surface area contributed by atoms with Gasteiger partial charge in [0.05, 0.1) is 34.8 Å². The van der Waals surface area contributed by atoms with Crippen LogP contribution in [-0.2, 0) is 11.3 Å². The van der Waals surface area contributed by atoms with Gasteiger partial charge < -0.3 is 24.4 Å². The van der Waals surface area contributed by atoms with E-state index in [1.165, 1.54) is 37.1 Å². The van der Waals surface area contributed by atoms with Crippen LogP contribution in [0.1, 0.15) is 26.3 Å². The number of nitrogens with one attached hydrogen (secondary N) is 1. The average Bonchev–Trinajstić information content (AvgIpc) is 2.96. The van der Waals surface area contributed by atoms with E-state index in [2.05, 4.69) is 15.3 Å². The van der Waals surface area contributed by atoms with Crippen molar-refractivity contribution in [2.24, 2.45) is 5.92 Å². The molecule has 1 saturated heterocycles. The summed E-state index contributed by atoms with van der Waals surface area (Å²) in [5.41, 5.74) is 0.208. The highest BCUT2D eigenvalue weighted by Gasteiger charge is 2.35. The number of anilines is 2. The van der Waals surface area contributed by atoms with E-state index in [0.29, 0.717) is 24.0 Å². The van der Waals surface area contributed by atoms with Gasteiger partial charge in [0.2, 0.25) is 5.95 Å². The van der Waals surface area contributed by atoms with Crippen molar-refractivity contribution in [3.8, 4) is 22.6 Å². The van der Waals surface area contributed by atoms with E-state index >= 15 is 0 Å². The fourth-order valence-electron chi connectivity index (χ4n) is 5.19. The smallest absolute Gasteiger partial charge is 0.410 e. The van der Waals surface area contributed by atoms with Gasteiger partial charge in [-0.15, -0.1) is 0 Å². The summed E-state index contributed by atoms with van der Waals surface area (Å²) in [6.45, 7) is 7.99. The van der Waals surface area contributed by atoms with E-state index in [4.69, 9.17) is 37.4 Å². The zero-order chi connectivity index (χ0) is 33.5. The van der Waals surface area contributed by atoms with Gasteiger partial charge in [-0.25, -0.2) is 9.78 Å². The number of fused-ring (bicyclic) bond motifs is 1. The second-order valence-corrected chi connectivity index (χ2v) is 12.6. The number of likely N-dealkylation sites (tertiary alicyclic amines) is 1. The Morgan fingerprint density at radius 1 is 1.13 bits per heavy atom. The van der Waals surface area contributed by atoms with E-state index in [-0.39, 0.29) is 68.1 Å². The number of rotatable bonds is 8. The number of nitro groups is 1. The van der Waals surface area contributed by atoms with Crippen molar-refractivity contribution in [2.45, 2.75) is 39.8 Å². The van der Waals surface area contributed by atoms with Crippen molar-refractivity contribution in [2.75, 3.05) is 32.6 Å². The highest BCUT2D eigenvalue weighted by Crippen LogP contribution is 2.45. The third kappa shape index (κ3) is 6.38. The number of halogens is 2. The Bertz CT molecular complexity index is 1890. The average molecular weight is 672 g/mol. The quantitative estimate of drug-likeness (QED) is 0.160. The van der Waals surface area contributed by atoms with E-state index in [1.54, 1.807) is 50.8 Å². The summed E-state index contributed by atoms with van der Waals surface area (Å²) in [5.74, 6) is 0.449. The van der Waals surface area contributed by atoms with Crippen LogP contribution in [0.3, 0.4) is 0 Å². The van der Waals surface area contributed by atoms with E-state index < -0.39 is 22.2 Å². The van der Waals surface area contributed by atoms with Gasteiger partial charge in [-0.2, -0.15) is 4.98 Å². The molecule has 1 amide bonds. The lowest BCUT2D eigenvalue weighted by Gasteiger charge is -2.40. The first kappa shape index (κ1) is 32.8. The lowest BCUT2D eigenvalue weighted by molar-refractivity contribution is -0.384. The topological polar surface area (TPSA) is 151 Å². The van der Waals surface area contributed by atoms with E-state index in [9.17, 15) is 19.7 Å². The van der Waals surface area contributed by atoms with Crippen molar-refractivity contribution in [3.05, 3.63) is 72.6 Å². The SMILES string of the molecule is COc1cc(OC)c(Cl)c(-c2cc3cnc(Nc4c(C)cccc4[N+](=O)[O-])nc3n(CC3CN(C(=O)OC(C)(C)C)C3)c2=O)c1Cl. The van der Waals surface area contributed by atoms with Crippen LogP contribution in [0.2, 0.25) is 10.0 Å². The Morgan fingerprint density at radius 2 is 1.78 bits per heavy atom. The number of para-hydroxylation sites is 1. The van der Waals surface area contributed by atoms with Crippen LogP contribution in [0.5, 0.6) is 11.5 Å². The molecule has 0 atom stereocenters. The third-order valence-corrected chi connectivity index (χ3v) is 8.15. The van der Waals surface area contributed by atoms with Crippen molar-refractivity contribution in [1.29, 1.82) is 0 Å². The number of aryl methyl sites for hydroxylation is 1. The van der Waals surface area contributed by atoms with Gasteiger partial charge in [0.25, 0.3) is 11.2 Å². The lowest BCUT2D eigenvalue weighted by atomic mass is 9.99. The van der Waals surface area contributed by atoms with Crippen LogP contribution < -0.4 is 20.3 Å². The van der Waals surface area contributed by atoms with Crippen LogP contribution in [0.25, 0.3) is 22.2 Å². The Morgan fingerprint density at radius 3 is 2.37 bits per heavy atom. The van der Waals surface area contributed by atoms with Crippen molar-refractivity contribution in [3.63, 3.8) is 0 Å². The summed E-state index contributed by atoms with van der Waals surface area (Å²) in [4.78, 5) is 48.7. The first-order valence-corrected chi connectivity index (χ1v) is 15.0. The first-order chi connectivity index (χ1) is 21.7. The molecule has 1 N–H and O–H groups in total. The van der Waals surface area contributed by atoms with Gasteiger partial charge in [-0.1, -0.05) is 35.3 Å². The highest BCUT2D eigenvalue weighted by molar-refractivity contribution is 6.41. The van der Waals surface area contributed by atoms with Crippen LogP contribution in [-0.4, -0.2) is 63.4 Å². The Labute approximate surface area is 274 Å². The third-order valence-electron chi connectivity index (χ3n) is 7.40. The summed E-state index contributed by atoms with van der Waals surface area (Å²) < 4.78 is 17.8. The second-order valence-electron chi connectivity index (χ2n) is 11.8. The van der Waals surface area contributed by atoms with Crippen molar-refractivity contribution in [1.82, 2.24) is 19.4 Å². The number of carbonyl (C=O) groups is 1. The number of hydrogen-bond acceptors (Lipinski definition) is 10. The minimum atomic E-state index is -0.646. The molecule has 0 spiro atoms. The zero-order valence-corrected chi connectivity index (χ0v) is 27.5. The number of carbonyl (C=O) groups excluding carboxylic acids is 1. The molecule has 1 aliphatic rings. The number of nitrogens with zero attached hydrogens (tertiary/aromatic N) is 5. The maximum atomic E-state index is 14.3. The van der Waals surface area contributed by atoms with E-state index in [0.717, 1.165) is 0 Å². The summed E-state index contributed by atoms with van der Waals surface area (Å²) in [7, 11) is 2.87. The number of aromatic nitrogens is 3. The number of nitro benzene ring substituents is 1. The van der Waals surface area contributed by atoms with Crippen LogP contribution >= 0.6 is 23.2 Å². The molecule has 1 fully saturated rings. The monoisotopic (exact) mass is 670 g/mol. The maximum absolute atomic E-state index is 14.3. The molecule has 5 rings (SSSR count). The fraction of sp³-hybridized carbons (Fsp3) is 0.355. The number of benzene rings is 2. The van der Waals surface area contributed by atoms with Gasteiger partial charge in [0.1, 0.15) is 28.4 Å². The minimum absolute atomic E-state index is 0.0499. The molecule has 3 heterocycles. The summed E-state index contributed by atoms with van der Waals surface area (Å²) in [5, 5.41) is 15.4. The van der Waals surface area contributed by atoms with Crippen molar-refractivity contribution < 1.29 is 23.9 Å². The molecule has 242 valence electrons. The van der Waals surface area contributed by atoms with Gasteiger partial charge in [-0.3, -0.25) is 19.5 Å². The molecule has 4 aromatic rings. The molecule has 0 unspecified atom stereocenters. The summed E-state index contributed by atoms with van der Waals surface area (Å²) >= 11 is 13.4. The van der Waals surface area contributed by atoms with Crippen LogP contribution in [0, 0.1) is 23.0 Å². The molecule has 46 heavy (non-hydrogen) atoms. The first-order valence-electron chi connectivity index (χ1n) is 14.2. The highest BCUT2D eigenvalue weighted by atomic mass is 35.5. The molecule has 15 heteroatoms. The van der Waals surface area contributed by atoms with Crippen LogP contribution in [0.15, 0.2) is 41.3 Å². The van der Waals surface area contributed by atoms with Crippen LogP contribution in [0.4, 0.5) is 22.1 Å². The number of methoxy groups -OCH3 is 2. The number of ether oxygens (including phenoxy) is 3. The molecule has 2 aromatic heterocycles. The largest absolute Gasteiger partial charge is 0.495 e. The molecular formula is C31H32Cl2N6O7. The Balaban J connectivity index is 1.63. The molecule has 0 bridgehead atoms. The number of pyridine rings is 1. The lowest BCUT2D eigenvalue weighted by Crippen LogP contribution is -2.53. The molecule has 0 aliphatic carbocycles. The number of amides is 1. The van der Waals surface area contributed by atoms with Gasteiger partial charge in [0, 0.05) is 54.8 Å². The van der Waals surface area contributed by atoms with Gasteiger partial charge >= 0.3 is 6.09 Å². The molecule has 13 nitrogen and oxygen atoms in total. The fourth-order valence-corrected chi connectivity index (χ4v) is 5.89. The second kappa shape index (κ2) is 12.6. The van der Waals surface area contributed by atoms with Crippen molar-refractivity contribution >= 4 is 57.7 Å². The molecule has 0 saturated carbocycles. The predicted octanol–water partition coefficient (Wildman–Crippen LogP) is 6.61. The minimum Gasteiger partial charge on any atom is -0.495 e. The molecule has 2 aromatic carbocycles. The summed E-state index contributed by atoms with van der Waals surface area (Å²) in [6.07, 6.45) is 1.06. The molecule has 1 aliphatic heterocycles. The van der Waals surface area contributed by atoms with Gasteiger partial charge in [-0.05, 0) is 39.3 Å². The Hall–Kier alpha value is -4.62. The maximum Gasteiger partial charge on any atom is 0.410 e. The number of hydrogen-bond donors (Lipinski definition) is 1. The van der Waals surface area contributed by atoms with E-state index in [1.807, 2.05) is 0 Å². The summed E-state index contributed by atoms with van der Waals surface area (Å²) in [6, 6.07) is 7.79. The standard InChI is InChI=1S/C31H32Cl2N6O7/c1-16-8-7-9-20(39(42)43)26(16)35-29-34-12-18-10-19(23-24(32)21(44-5)11-22(45-6)25(23)33)28(40)38(27(18)36-29)15-17-13-37(14-17)30(41)46-31(2,3)4/h7-12,17H,13-15H2,1-6H3,(H,34,35,36). The zero-order valence-electron chi connectivity index (χ0n) is 26.0. The predicted molar refractivity (Wildman–Crippen MR) is 175 cm³/mol. The normalized spacial score (nSPS) is 13.3. The molecular weight excluding hydrogens is 639 g/mol. The van der Waals surface area contributed by atoms with Gasteiger partial charge in [0.15, 0.2) is 0 Å². The molecule has 0 radical (unpaired) electrons. The Kier molecular flexibility index (Phi) is 9.00.